The number of rotatable bonds is 1. The minimum Gasteiger partial charge on any atom is -0.418 e. The van der Waals surface area contributed by atoms with Gasteiger partial charge in [0.15, 0.2) is 12.3 Å². The van der Waals surface area contributed by atoms with Gasteiger partial charge in [-0.2, -0.15) is 0 Å². The summed E-state index contributed by atoms with van der Waals surface area (Å²) in [7, 11) is -3.84. The zero-order valence-corrected chi connectivity index (χ0v) is 13.0. The fraction of sp³-hybridized carbons (Fsp3) is 0.235. The number of likely N-dealkylation sites (N-methyl/N-ethyl adjacent to an activating group) is 1. The molecule has 0 bridgehead atoms. The largest absolute Gasteiger partial charge is 0.673 e. The molecule has 122 valence electrons. The van der Waals surface area contributed by atoms with Crippen LogP contribution in [0.15, 0.2) is 54.6 Å². The van der Waals surface area contributed by atoms with Crippen molar-refractivity contribution in [1.29, 1.82) is 0 Å². The average molecular weight is 323 g/mol. The molecule has 1 aliphatic rings. The van der Waals surface area contributed by atoms with Crippen LogP contribution in [0.5, 0.6) is 0 Å². The lowest BCUT2D eigenvalue weighted by atomic mass is 9.81. The van der Waals surface area contributed by atoms with Crippen molar-refractivity contribution in [2.45, 2.75) is 18.9 Å². The molecule has 3 rings (SSSR count). The molecule has 0 fully saturated rings. The molecule has 0 saturated heterocycles. The highest BCUT2D eigenvalue weighted by molar-refractivity contribution is 6.50. The van der Waals surface area contributed by atoms with Crippen LogP contribution in [-0.2, 0) is 0 Å². The SMILES string of the molecule is C[C@@H]1[C@@H](c2ccccc2)c2ccccc2C=[N+]1C.F[B-](F)(F)F. The van der Waals surface area contributed by atoms with Crippen LogP contribution in [0.4, 0.5) is 17.3 Å². The summed E-state index contributed by atoms with van der Waals surface area (Å²) in [6, 6.07) is 20.0. The van der Waals surface area contributed by atoms with E-state index in [9.17, 15) is 17.3 Å². The third kappa shape index (κ3) is 4.68. The molecule has 0 spiro atoms. The standard InChI is InChI=1S/C17H18N.BF4/c1-13-17(14-8-4-3-5-9-14)16-11-7-6-10-15(16)12-18(13)2;2-1(3,4)5/h3-13,17H,1-2H3;/q+1;-1/t13-,17+;/m1./s1. The third-order valence-corrected chi connectivity index (χ3v) is 3.96. The van der Waals surface area contributed by atoms with Gasteiger partial charge in [0.2, 0.25) is 0 Å². The molecular formula is C17H18BF4N. The quantitative estimate of drug-likeness (QED) is 0.410. The van der Waals surface area contributed by atoms with Crippen LogP contribution in [0.1, 0.15) is 29.5 Å². The van der Waals surface area contributed by atoms with Gasteiger partial charge in [-0.1, -0.05) is 48.5 Å². The Balaban J connectivity index is 0.000000338. The number of nitrogens with zero attached hydrogens (tertiary/aromatic N) is 1. The van der Waals surface area contributed by atoms with Gasteiger partial charge in [-0.3, -0.25) is 0 Å². The zero-order valence-electron chi connectivity index (χ0n) is 13.0. The highest BCUT2D eigenvalue weighted by atomic mass is 19.5. The highest BCUT2D eigenvalue weighted by Gasteiger charge is 2.32. The lowest BCUT2D eigenvalue weighted by Gasteiger charge is -2.26. The first kappa shape index (κ1) is 17.3. The van der Waals surface area contributed by atoms with Crippen LogP contribution < -0.4 is 0 Å². The third-order valence-electron chi connectivity index (χ3n) is 3.96. The van der Waals surface area contributed by atoms with E-state index in [1.165, 1.54) is 16.7 Å². The van der Waals surface area contributed by atoms with Crippen molar-refractivity contribution in [3.05, 3.63) is 71.3 Å². The monoisotopic (exact) mass is 323 g/mol. The molecule has 0 aromatic heterocycles. The van der Waals surface area contributed by atoms with Crippen LogP contribution in [0.2, 0.25) is 0 Å². The number of benzene rings is 2. The molecule has 0 N–H and O–H groups in total. The normalized spacial score (nSPS) is 20.0. The summed E-state index contributed by atoms with van der Waals surface area (Å²) in [5, 5.41) is 0. The minimum absolute atomic E-state index is 0.456. The van der Waals surface area contributed by atoms with Gasteiger partial charge in [0.05, 0.1) is 5.92 Å². The molecule has 0 amide bonds. The predicted molar refractivity (Wildman–Crippen MR) is 85.7 cm³/mol. The summed E-state index contributed by atoms with van der Waals surface area (Å²) in [4.78, 5) is 0. The topological polar surface area (TPSA) is 3.01 Å². The van der Waals surface area contributed by atoms with E-state index in [2.05, 4.69) is 79.4 Å². The summed E-state index contributed by atoms with van der Waals surface area (Å²) in [6.07, 6.45) is 2.25. The highest BCUT2D eigenvalue weighted by Crippen LogP contribution is 2.33. The van der Waals surface area contributed by atoms with Gasteiger partial charge in [-0.05, 0) is 24.1 Å². The summed E-state index contributed by atoms with van der Waals surface area (Å²) in [6.45, 7) is 2.30. The van der Waals surface area contributed by atoms with E-state index in [1.54, 1.807) is 0 Å². The first-order valence-corrected chi connectivity index (χ1v) is 7.35. The van der Waals surface area contributed by atoms with Gasteiger partial charge in [-0.15, -0.1) is 0 Å². The number of hydrogen-bond acceptors (Lipinski definition) is 0. The van der Waals surface area contributed by atoms with E-state index in [1.807, 2.05) is 0 Å². The van der Waals surface area contributed by atoms with E-state index < -0.39 is 7.25 Å². The van der Waals surface area contributed by atoms with Crippen LogP contribution >= 0.6 is 0 Å². The molecule has 0 radical (unpaired) electrons. The van der Waals surface area contributed by atoms with Gasteiger partial charge in [-0.25, -0.2) is 4.58 Å². The van der Waals surface area contributed by atoms with Gasteiger partial charge in [0, 0.05) is 5.56 Å². The molecule has 1 aliphatic heterocycles. The van der Waals surface area contributed by atoms with Crippen molar-refractivity contribution in [3.8, 4) is 0 Å². The molecule has 2 aromatic rings. The van der Waals surface area contributed by atoms with Crippen molar-refractivity contribution >= 4 is 13.5 Å². The van der Waals surface area contributed by atoms with Crippen LogP contribution in [0.25, 0.3) is 0 Å². The van der Waals surface area contributed by atoms with E-state index in [0.29, 0.717) is 12.0 Å². The first-order chi connectivity index (χ1) is 10.8. The number of hydrogen-bond donors (Lipinski definition) is 0. The maximum absolute atomic E-state index is 9.75. The van der Waals surface area contributed by atoms with E-state index in [4.69, 9.17) is 0 Å². The molecule has 0 unspecified atom stereocenters. The number of fused-ring (bicyclic) bond motifs is 1. The van der Waals surface area contributed by atoms with Crippen LogP contribution in [-0.4, -0.2) is 31.1 Å². The molecule has 2 atom stereocenters. The van der Waals surface area contributed by atoms with Gasteiger partial charge >= 0.3 is 7.25 Å². The molecule has 23 heavy (non-hydrogen) atoms. The average Bonchev–Trinajstić information content (AvgIpc) is 2.48. The Bertz CT molecular complexity index is 676. The summed E-state index contributed by atoms with van der Waals surface area (Å²) in [5.74, 6) is 0.456. The van der Waals surface area contributed by atoms with Gasteiger partial charge in [0.25, 0.3) is 0 Å². The Morgan fingerprint density at radius 3 is 2.00 bits per heavy atom. The maximum atomic E-state index is 9.75. The van der Waals surface area contributed by atoms with E-state index in [0.717, 1.165) is 0 Å². The first-order valence-electron chi connectivity index (χ1n) is 7.35. The van der Waals surface area contributed by atoms with E-state index >= 15 is 0 Å². The molecule has 6 heteroatoms. The molecule has 1 nitrogen and oxygen atoms in total. The predicted octanol–water partition coefficient (Wildman–Crippen LogP) is 4.58. The van der Waals surface area contributed by atoms with Crippen molar-refractivity contribution in [3.63, 3.8) is 0 Å². The Hall–Kier alpha value is -2.11. The minimum atomic E-state index is -6.00. The molecule has 1 heterocycles. The zero-order chi connectivity index (χ0) is 17.0. The second kappa shape index (κ2) is 6.98. The second-order valence-corrected chi connectivity index (χ2v) is 5.55. The lowest BCUT2D eigenvalue weighted by Crippen LogP contribution is -2.33. The van der Waals surface area contributed by atoms with Crippen molar-refractivity contribution < 1.29 is 21.8 Å². The van der Waals surface area contributed by atoms with E-state index in [-0.39, 0.29) is 0 Å². The molecule has 0 saturated carbocycles. The number of halogens is 4. The fourth-order valence-corrected chi connectivity index (χ4v) is 2.86. The van der Waals surface area contributed by atoms with Crippen LogP contribution in [0, 0.1) is 0 Å². The smallest absolute Gasteiger partial charge is 0.418 e. The Kier molecular flexibility index (Phi) is 5.24. The summed E-state index contributed by atoms with van der Waals surface area (Å²) in [5.41, 5.74) is 4.18. The molecule has 2 aromatic carbocycles. The lowest BCUT2D eigenvalue weighted by molar-refractivity contribution is -0.533. The molecular weight excluding hydrogens is 305 g/mol. The Morgan fingerprint density at radius 1 is 0.870 bits per heavy atom. The van der Waals surface area contributed by atoms with Gasteiger partial charge in [0.1, 0.15) is 7.05 Å². The maximum Gasteiger partial charge on any atom is 0.673 e. The fourth-order valence-electron chi connectivity index (χ4n) is 2.86. The Labute approximate surface area is 133 Å². The van der Waals surface area contributed by atoms with Crippen molar-refractivity contribution in [1.82, 2.24) is 0 Å². The second-order valence-electron chi connectivity index (χ2n) is 5.55. The summed E-state index contributed by atoms with van der Waals surface area (Å²) < 4.78 is 41.3. The van der Waals surface area contributed by atoms with Gasteiger partial charge < -0.3 is 17.3 Å². The summed E-state index contributed by atoms with van der Waals surface area (Å²) >= 11 is 0. The van der Waals surface area contributed by atoms with Crippen molar-refractivity contribution in [2.24, 2.45) is 0 Å². The van der Waals surface area contributed by atoms with Crippen LogP contribution in [0.3, 0.4) is 0 Å². The molecule has 0 aliphatic carbocycles. The van der Waals surface area contributed by atoms with Crippen molar-refractivity contribution in [2.75, 3.05) is 7.05 Å². The Morgan fingerprint density at radius 2 is 1.39 bits per heavy atom.